The fourth-order valence-electron chi connectivity index (χ4n) is 2.03. The Balaban J connectivity index is 2.40. The first-order valence-corrected chi connectivity index (χ1v) is 6.26. The average molecular weight is 265 g/mol. The largest absolute Gasteiger partial charge is 0.382 e. The van der Waals surface area contributed by atoms with Crippen molar-refractivity contribution in [3.8, 4) is 11.1 Å². The van der Waals surface area contributed by atoms with Crippen molar-refractivity contribution in [1.82, 2.24) is 10.2 Å². The van der Waals surface area contributed by atoms with Crippen LogP contribution in [0.2, 0.25) is 0 Å². The highest BCUT2D eigenvalue weighted by Gasteiger charge is 2.15. The van der Waals surface area contributed by atoms with Gasteiger partial charge >= 0.3 is 0 Å². The molecule has 0 amide bonds. The van der Waals surface area contributed by atoms with Gasteiger partial charge in [-0.1, -0.05) is 13.8 Å². The molecule has 0 atom stereocenters. The van der Waals surface area contributed by atoms with Crippen molar-refractivity contribution >= 4 is 5.82 Å². The van der Waals surface area contributed by atoms with E-state index in [2.05, 4.69) is 24.0 Å². The molecule has 5 heteroatoms. The van der Waals surface area contributed by atoms with Gasteiger partial charge in [-0.2, -0.15) is 5.10 Å². The van der Waals surface area contributed by atoms with Gasteiger partial charge in [-0.25, -0.2) is 8.78 Å². The molecule has 0 spiro atoms. The summed E-state index contributed by atoms with van der Waals surface area (Å²) < 4.78 is 26.6. The number of hydrogen-bond acceptors (Lipinski definition) is 2. The van der Waals surface area contributed by atoms with Crippen molar-refractivity contribution in [2.45, 2.75) is 26.7 Å². The third-order valence-electron chi connectivity index (χ3n) is 2.99. The van der Waals surface area contributed by atoms with Crippen molar-refractivity contribution in [2.24, 2.45) is 5.92 Å². The van der Waals surface area contributed by atoms with Crippen LogP contribution in [-0.2, 0) is 6.42 Å². The van der Waals surface area contributed by atoms with Crippen LogP contribution < -0.4 is 5.73 Å². The third kappa shape index (κ3) is 3.10. The lowest BCUT2D eigenvalue weighted by Gasteiger charge is -2.07. The molecule has 0 saturated heterocycles. The summed E-state index contributed by atoms with van der Waals surface area (Å²) in [5, 5.41) is 6.79. The molecule has 0 aliphatic carbocycles. The van der Waals surface area contributed by atoms with Crippen molar-refractivity contribution in [2.75, 3.05) is 5.73 Å². The molecule has 0 radical (unpaired) electrons. The number of anilines is 1. The number of nitrogens with zero attached hydrogens (tertiary/aromatic N) is 1. The smallest absolute Gasteiger partial charge is 0.153 e. The van der Waals surface area contributed by atoms with Crippen LogP contribution in [-0.4, -0.2) is 10.2 Å². The predicted molar refractivity (Wildman–Crippen MR) is 71.5 cm³/mol. The number of aryl methyl sites for hydroxylation is 1. The first-order chi connectivity index (χ1) is 8.97. The van der Waals surface area contributed by atoms with Gasteiger partial charge in [0.1, 0.15) is 11.6 Å². The first-order valence-electron chi connectivity index (χ1n) is 6.26. The zero-order chi connectivity index (χ0) is 14.0. The fourth-order valence-corrected chi connectivity index (χ4v) is 2.03. The quantitative estimate of drug-likeness (QED) is 0.888. The van der Waals surface area contributed by atoms with Gasteiger partial charge in [0, 0.05) is 17.3 Å². The van der Waals surface area contributed by atoms with Crippen LogP contribution in [0.5, 0.6) is 0 Å². The number of benzene rings is 1. The van der Waals surface area contributed by atoms with E-state index in [-0.39, 0.29) is 5.82 Å². The maximum absolute atomic E-state index is 13.3. The predicted octanol–water partition coefficient (Wildman–Crippen LogP) is 3.53. The summed E-state index contributed by atoms with van der Waals surface area (Å²) in [5.41, 5.74) is 7.62. The van der Waals surface area contributed by atoms with Crippen LogP contribution in [0.1, 0.15) is 26.0 Å². The lowest BCUT2D eigenvalue weighted by Crippen LogP contribution is -1.96. The van der Waals surface area contributed by atoms with Crippen molar-refractivity contribution in [3.63, 3.8) is 0 Å². The SMILES string of the molecule is CC(C)CCc1[nH]nc(N)c1-c1cc(F)cc(F)c1. The molecule has 19 heavy (non-hydrogen) atoms. The molecule has 102 valence electrons. The van der Waals surface area contributed by atoms with E-state index in [9.17, 15) is 8.78 Å². The zero-order valence-electron chi connectivity index (χ0n) is 11.0. The van der Waals surface area contributed by atoms with E-state index >= 15 is 0 Å². The first kappa shape index (κ1) is 13.5. The minimum absolute atomic E-state index is 0.267. The third-order valence-corrected chi connectivity index (χ3v) is 2.99. The molecule has 0 fully saturated rings. The Morgan fingerprint density at radius 1 is 1.21 bits per heavy atom. The number of rotatable bonds is 4. The molecule has 2 rings (SSSR count). The molecule has 1 heterocycles. The number of H-pyrrole nitrogens is 1. The summed E-state index contributed by atoms with van der Waals surface area (Å²) in [5.74, 6) is -0.443. The van der Waals surface area contributed by atoms with Gasteiger partial charge in [0.15, 0.2) is 5.82 Å². The van der Waals surface area contributed by atoms with Crippen molar-refractivity contribution in [3.05, 3.63) is 35.5 Å². The zero-order valence-corrected chi connectivity index (χ0v) is 11.0. The number of aromatic nitrogens is 2. The maximum Gasteiger partial charge on any atom is 0.153 e. The molecule has 0 aliphatic rings. The highest BCUT2D eigenvalue weighted by atomic mass is 19.1. The average Bonchev–Trinajstić information content (AvgIpc) is 2.66. The fraction of sp³-hybridized carbons (Fsp3) is 0.357. The Morgan fingerprint density at radius 2 is 1.84 bits per heavy atom. The standard InChI is InChI=1S/C14H17F2N3/c1-8(2)3-4-12-13(14(17)19-18-12)9-5-10(15)7-11(16)6-9/h5-8H,3-4H2,1-2H3,(H3,17,18,19). The summed E-state index contributed by atoms with van der Waals surface area (Å²) in [6.07, 6.45) is 1.70. The summed E-state index contributed by atoms with van der Waals surface area (Å²) in [4.78, 5) is 0. The van der Waals surface area contributed by atoms with E-state index in [1.807, 2.05) is 0 Å². The van der Waals surface area contributed by atoms with Crippen LogP contribution in [0.25, 0.3) is 11.1 Å². The molecular weight excluding hydrogens is 248 g/mol. The van der Waals surface area contributed by atoms with Crippen LogP contribution in [0.4, 0.5) is 14.6 Å². The normalized spacial score (nSPS) is 11.2. The number of aromatic amines is 1. The minimum Gasteiger partial charge on any atom is -0.382 e. The monoisotopic (exact) mass is 265 g/mol. The Labute approximate surface area is 110 Å². The van der Waals surface area contributed by atoms with Crippen LogP contribution >= 0.6 is 0 Å². The maximum atomic E-state index is 13.3. The molecule has 0 aliphatic heterocycles. The summed E-state index contributed by atoms with van der Waals surface area (Å²) in [6, 6.07) is 3.37. The van der Waals surface area contributed by atoms with E-state index in [0.29, 0.717) is 17.0 Å². The van der Waals surface area contributed by atoms with Gasteiger partial charge < -0.3 is 5.73 Å². The summed E-state index contributed by atoms with van der Waals surface area (Å²) in [6.45, 7) is 4.22. The number of nitrogens with two attached hydrogens (primary N) is 1. The van der Waals surface area contributed by atoms with E-state index in [0.717, 1.165) is 24.6 Å². The number of hydrogen-bond donors (Lipinski definition) is 2. The molecule has 1 aromatic heterocycles. The van der Waals surface area contributed by atoms with Crippen LogP contribution in [0.3, 0.4) is 0 Å². The van der Waals surface area contributed by atoms with Gasteiger partial charge in [0.2, 0.25) is 0 Å². The van der Waals surface area contributed by atoms with E-state index in [4.69, 9.17) is 5.73 Å². The van der Waals surface area contributed by atoms with E-state index in [1.54, 1.807) is 0 Å². The highest BCUT2D eigenvalue weighted by molar-refractivity contribution is 5.76. The molecule has 0 bridgehead atoms. The molecule has 0 saturated carbocycles. The molecule has 3 nitrogen and oxygen atoms in total. The van der Waals surface area contributed by atoms with Crippen LogP contribution in [0.15, 0.2) is 18.2 Å². The van der Waals surface area contributed by atoms with Crippen LogP contribution in [0, 0.1) is 17.6 Å². The van der Waals surface area contributed by atoms with Gasteiger partial charge in [0.25, 0.3) is 0 Å². The number of nitrogens with one attached hydrogen (secondary N) is 1. The Bertz CT molecular complexity index is 556. The minimum atomic E-state index is -0.620. The van der Waals surface area contributed by atoms with E-state index < -0.39 is 11.6 Å². The van der Waals surface area contributed by atoms with E-state index in [1.165, 1.54) is 12.1 Å². The molecule has 3 N–H and O–H groups in total. The topological polar surface area (TPSA) is 54.7 Å². The lowest BCUT2D eigenvalue weighted by atomic mass is 9.99. The summed E-state index contributed by atoms with van der Waals surface area (Å²) in [7, 11) is 0. The molecule has 0 unspecified atom stereocenters. The van der Waals surface area contributed by atoms with Gasteiger partial charge in [-0.15, -0.1) is 0 Å². The second-order valence-corrected chi connectivity index (χ2v) is 5.05. The number of nitrogen functional groups attached to an aromatic ring is 1. The Hall–Kier alpha value is -1.91. The van der Waals surface area contributed by atoms with Gasteiger partial charge in [0.05, 0.1) is 0 Å². The number of halogens is 2. The highest BCUT2D eigenvalue weighted by Crippen LogP contribution is 2.30. The van der Waals surface area contributed by atoms with Gasteiger partial charge in [-0.3, -0.25) is 5.10 Å². The second kappa shape index (κ2) is 5.38. The Morgan fingerprint density at radius 3 is 2.42 bits per heavy atom. The molecular formula is C14H17F2N3. The van der Waals surface area contributed by atoms with Crippen molar-refractivity contribution in [1.29, 1.82) is 0 Å². The lowest BCUT2D eigenvalue weighted by molar-refractivity contribution is 0.580. The molecule has 2 aromatic rings. The van der Waals surface area contributed by atoms with Crippen molar-refractivity contribution < 1.29 is 8.78 Å². The Kier molecular flexibility index (Phi) is 3.83. The molecule has 1 aromatic carbocycles. The summed E-state index contributed by atoms with van der Waals surface area (Å²) >= 11 is 0. The van der Waals surface area contributed by atoms with Gasteiger partial charge in [-0.05, 0) is 36.5 Å². The second-order valence-electron chi connectivity index (χ2n) is 5.05.